The average Bonchev–Trinajstić information content (AvgIpc) is 2.85. The van der Waals surface area contributed by atoms with E-state index in [4.69, 9.17) is 9.47 Å². The molecule has 1 aromatic heterocycles. The van der Waals surface area contributed by atoms with Crippen molar-refractivity contribution in [2.75, 3.05) is 20.3 Å². The Balaban J connectivity index is 2.12. The lowest BCUT2D eigenvalue weighted by atomic mass is 10.2. The van der Waals surface area contributed by atoms with Crippen LogP contribution in [-0.4, -0.2) is 30.0 Å². The third-order valence-corrected chi connectivity index (χ3v) is 3.11. The number of benzene rings is 1. The van der Waals surface area contributed by atoms with Gasteiger partial charge in [0.15, 0.2) is 5.75 Å². The number of hydrogen-bond donors (Lipinski definition) is 1. The predicted molar refractivity (Wildman–Crippen MR) is 78.1 cm³/mol. The molecule has 20 heavy (non-hydrogen) atoms. The van der Waals surface area contributed by atoms with Crippen molar-refractivity contribution < 1.29 is 9.47 Å². The van der Waals surface area contributed by atoms with Gasteiger partial charge in [0.05, 0.1) is 19.3 Å². The van der Waals surface area contributed by atoms with Gasteiger partial charge in [0.25, 0.3) is 0 Å². The molecule has 2 rings (SSSR count). The number of para-hydroxylation sites is 1. The first-order valence-electron chi connectivity index (χ1n) is 6.73. The van der Waals surface area contributed by atoms with Crippen LogP contribution in [0.2, 0.25) is 0 Å². The highest BCUT2D eigenvalue weighted by Crippen LogP contribution is 2.25. The number of aryl methyl sites for hydroxylation is 1. The summed E-state index contributed by atoms with van der Waals surface area (Å²) in [6.07, 6.45) is 1.72. The Kier molecular flexibility index (Phi) is 5.01. The molecule has 108 valence electrons. The average molecular weight is 275 g/mol. The van der Waals surface area contributed by atoms with Gasteiger partial charge < -0.3 is 14.8 Å². The molecule has 5 nitrogen and oxygen atoms in total. The maximum Gasteiger partial charge on any atom is 0.161 e. The first kappa shape index (κ1) is 14.4. The van der Waals surface area contributed by atoms with E-state index in [1.54, 1.807) is 13.3 Å². The van der Waals surface area contributed by atoms with Crippen molar-refractivity contribution in [3.05, 3.63) is 42.2 Å². The summed E-state index contributed by atoms with van der Waals surface area (Å²) in [6, 6.07) is 9.82. The van der Waals surface area contributed by atoms with Crippen LogP contribution in [0.25, 0.3) is 0 Å². The van der Waals surface area contributed by atoms with Gasteiger partial charge in [-0.2, -0.15) is 5.10 Å². The Morgan fingerprint density at radius 2 is 2.05 bits per heavy atom. The minimum absolute atomic E-state index is 0.0302. The molecule has 0 aliphatic rings. The van der Waals surface area contributed by atoms with Crippen molar-refractivity contribution in [3.8, 4) is 11.5 Å². The van der Waals surface area contributed by atoms with Gasteiger partial charge in [-0.15, -0.1) is 0 Å². The number of rotatable bonds is 7. The largest absolute Gasteiger partial charge is 0.493 e. The van der Waals surface area contributed by atoms with Gasteiger partial charge in [0, 0.05) is 7.05 Å². The standard InChI is InChI=1S/C15H21N3O2/c1-4-16-13(11-20-12-8-6-5-7-9-12)15-14(19-3)10-17-18(15)2/h5-10,13,16H,4,11H2,1-3H3. The zero-order valence-corrected chi connectivity index (χ0v) is 12.2. The Morgan fingerprint density at radius 3 is 2.70 bits per heavy atom. The summed E-state index contributed by atoms with van der Waals surface area (Å²) in [7, 11) is 3.56. The Bertz CT molecular complexity index is 525. The van der Waals surface area contributed by atoms with Gasteiger partial charge >= 0.3 is 0 Å². The number of aromatic nitrogens is 2. The summed E-state index contributed by atoms with van der Waals surface area (Å²) in [5.74, 6) is 1.63. The van der Waals surface area contributed by atoms with Crippen LogP contribution in [0.15, 0.2) is 36.5 Å². The summed E-state index contributed by atoms with van der Waals surface area (Å²) in [5, 5.41) is 7.65. The molecule has 1 heterocycles. The molecule has 1 N–H and O–H groups in total. The van der Waals surface area contributed by atoms with Crippen molar-refractivity contribution in [2.24, 2.45) is 7.05 Å². The number of hydrogen-bond acceptors (Lipinski definition) is 4. The molecule has 1 unspecified atom stereocenters. The summed E-state index contributed by atoms with van der Waals surface area (Å²) >= 11 is 0. The van der Waals surface area contributed by atoms with Crippen LogP contribution in [0, 0.1) is 0 Å². The molecule has 0 saturated heterocycles. The molecule has 0 aliphatic carbocycles. The zero-order chi connectivity index (χ0) is 14.4. The van der Waals surface area contributed by atoms with E-state index >= 15 is 0 Å². The highest BCUT2D eigenvalue weighted by Gasteiger charge is 2.20. The maximum atomic E-state index is 5.84. The number of ether oxygens (including phenoxy) is 2. The van der Waals surface area contributed by atoms with Crippen molar-refractivity contribution in [2.45, 2.75) is 13.0 Å². The third kappa shape index (κ3) is 3.30. The molecule has 0 saturated carbocycles. The SMILES string of the molecule is CCNC(COc1ccccc1)c1c(OC)cnn1C. The zero-order valence-electron chi connectivity index (χ0n) is 12.2. The Labute approximate surface area is 119 Å². The van der Waals surface area contributed by atoms with E-state index in [9.17, 15) is 0 Å². The maximum absolute atomic E-state index is 5.84. The van der Waals surface area contributed by atoms with Crippen LogP contribution < -0.4 is 14.8 Å². The topological polar surface area (TPSA) is 48.3 Å². The van der Waals surface area contributed by atoms with Gasteiger partial charge in [0.2, 0.25) is 0 Å². The van der Waals surface area contributed by atoms with E-state index < -0.39 is 0 Å². The van der Waals surface area contributed by atoms with E-state index in [0.29, 0.717) is 6.61 Å². The molecule has 0 spiro atoms. The first-order valence-corrected chi connectivity index (χ1v) is 6.73. The number of nitrogens with one attached hydrogen (secondary N) is 1. The van der Waals surface area contributed by atoms with Crippen LogP contribution in [0.3, 0.4) is 0 Å². The second kappa shape index (κ2) is 6.96. The molecule has 5 heteroatoms. The lowest BCUT2D eigenvalue weighted by molar-refractivity contribution is 0.257. The fourth-order valence-corrected chi connectivity index (χ4v) is 2.16. The Hall–Kier alpha value is -2.01. The molecule has 0 amide bonds. The van der Waals surface area contributed by atoms with Gasteiger partial charge in [-0.05, 0) is 18.7 Å². The van der Waals surface area contributed by atoms with E-state index in [0.717, 1.165) is 23.7 Å². The lowest BCUT2D eigenvalue weighted by Gasteiger charge is -2.20. The molecule has 2 aromatic rings. The van der Waals surface area contributed by atoms with Crippen molar-refractivity contribution in [1.29, 1.82) is 0 Å². The molecule has 0 bridgehead atoms. The fraction of sp³-hybridized carbons (Fsp3) is 0.400. The molecule has 0 aliphatic heterocycles. The molecule has 0 radical (unpaired) electrons. The normalized spacial score (nSPS) is 12.2. The first-order chi connectivity index (χ1) is 9.76. The van der Waals surface area contributed by atoms with Crippen molar-refractivity contribution >= 4 is 0 Å². The second-order valence-electron chi connectivity index (χ2n) is 4.46. The Morgan fingerprint density at radius 1 is 1.30 bits per heavy atom. The van der Waals surface area contributed by atoms with Crippen LogP contribution in [-0.2, 0) is 7.05 Å². The molecular weight excluding hydrogens is 254 g/mol. The molecule has 1 aromatic carbocycles. The third-order valence-electron chi connectivity index (χ3n) is 3.11. The van der Waals surface area contributed by atoms with Crippen molar-refractivity contribution in [1.82, 2.24) is 15.1 Å². The monoisotopic (exact) mass is 275 g/mol. The number of likely N-dealkylation sites (N-methyl/N-ethyl adjacent to an activating group) is 1. The summed E-state index contributed by atoms with van der Waals surface area (Å²) in [5.41, 5.74) is 0.991. The van der Waals surface area contributed by atoms with E-state index in [1.807, 2.05) is 42.1 Å². The van der Waals surface area contributed by atoms with Crippen LogP contribution >= 0.6 is 0 Å². The van der Waals surface area contributed by atoms with Crippen LogP contribution in [0.4, 0.5) is 0 Å². The van der Waals surface area contributed by atoms with E-state index in [-0.39, 0.29) is 6.04 Å². The minimum atomic E-state index is 0.0302. The smallest absolute Gasteiger partial charge is 0.161 e. The van der Waals surface area contributed by atoms with Crippen LogP contribution in [0.1, 0.15) is 18.7 Å². The highest BCUT2D eigenvalue weighted by molar-refractivity contribution is 5.29. The quantitative estimate of drug-likeness (QED) is 0.841. The lowest BCUT2D eigenvalue weighted by Crippen LogP contribution is -2.29. The van der Waals surface area contributed by atoms with Crippen LogP contribution in [0.5, 0.6) is 11.5 Å². The summed E-state index contributed by atoms with van der Waals surface area (Å²) < 4.78 is 13.0. The van der Waals surface area contributed by atoms with E-state index in [2.05, 4.69) is 17.3 Å². The summed E-state index contributed by atoms with van der Waals surface area (Å²) in [6.45, 7) is 3.43. The van der Waals surface area contributed by atoms with Gasteiger partial charge in [-0.25, -0.2) is 0 Å². The highest BCUT2D eigenvalue weighted by atomic mass is 16.5. The van der Waals surface area contributed by atoms with Gasteiger partial charge in [0.1, 0.15) is 18.1 Å². The number of methoxy groups -OCH3 is 1. The van der Waals surface area contributed by atoms with Crippen molar-refractivity contribution in [3.63, 3.8) is 0 Å². The number of nitrogens with zero attached hydrogens (tertiary/aromatic N) is 2. The second-order valence-corrected chi connectivity index (χ2v) is 4.46. The molecule has 1 atom stereocenters. The fourth-order valence-electron chi connectivity index (χ4n) is 2.16. The minimum Gasteiger partial charge on any atom is -0.493 e. The summed E-state index contributed by atoms with van der Waals surface area (Å²) in [4.78, 5) is 0. The van der Waals surface area contributed by atoms with Gasteiger partial charge in [-0.1, -0.05) is 25.1 Å². The molecule has 0 fully saturated rings. The molecular formula is C15H21N3O2. The van der Waals surface area contributed by atoms with Gasteiger partial charge in [-0.3, -0.25) is 4.68 Å². The van der Waals surface area contributed by atoms with E-state index in [1.165, 1.54) is 0 Å². The predicted octanol–water partition coefficient (Wildman–Crippen LogP) is 2.16.